The summed E-state index contributed by atoms with van der Waals surface area (Å²) in [6.07, 6.45) is 0.870. The molecule has 0 N–H and O–H groups in total. The minimum Gasteiger partial charge on any atom is -0.298 e. The van der Waals surface area contributed by atoms with Crippen LogP contribution >= 0.6 is 11.3 Å². The van der Waals surface area contributed by atoms with Crippen molar-refractivity contribution in [3.8, 4) is 10.4 Å². The van der Waals surface area contributed by atoms with Crippen LogP contribution in [0.1, 0.15) is 10.4 Å². The Bertz CT molecular complexity index is 632. The van der Waals surface area contributed by atoms with Gasteiger partial charge < -0.3 is 0 Å². The lowest BCUT2D eigenvalue weighted by molar-refractivity contribution is 0.112. The van der Waals surface area contributed by atoms with Crippen LogP contribution in [0.2, 0.25) is 0 Å². The standard InChI is InChI=1S/C15H10OS/c16-10-11-5-7-12(8-6-11)15-9-13-3-1-2-4-14(13)17-15/h1-10H. The van der Waals surface area contributed by atoms with E-state index in [1.54, 1.807) is 11.3 Å². The first-order valence-electron chi connectivity index (χ1n) is 5.41. The van der Waals surface area contributed by atoms with Gasteiger partial charge in [0.1, 0.15) is 6.29 Å². The third-order valence-corrected chi connectivity index (χ3v) is 3.92. The van der Waals surface area contributed by atoms with E-state index in [0.717, 1.165) is 17.4 Å². The number of thiophene rings is 1. The molecule has 1 nitrogen and oxygen atoms in total. The largest absolute Gasteiger partial charge is 0.298 e. The average Bonchev–Trinajstić information content (AvgIpc) is 2.82. The van der Waals surface area contributed by atoms with Crippen molar-refractivity contribution in [1.82, 2.24) is 0 Å². The normalized spacial score (nSPS) is 10.6. The third-order valence-electron chi connectivity index (χ3n) is 2.76. The molecule has 0 spiro atoms. The first kappa shape index (κ1) is 10.2. The Morgan fingerprint density at radius 3 is 2.41 bits per heavy atom. The molecule has 0 radical (unpaired) electrons. The SMILES string of the molecule is O=Cc1ccc(-c2cc3ccccc3s2)cc1. The van der Waals surface area contributed by atoms with Crippen LogP contribution < -0.4 is 0 Å². The van der Waals surface area contributed by atoms with Gasteiger partial charge in [-0.15, -0.1) is 11.3 Å². The van der Waals surface area contributed by atoms with Gasteiger partial charge in [-0.05, 0) is 23.1 Å². The van der Waals surface area contributed by atoms with Crippen molar-refractivity contribution in [3.63, 3.8) is 0 Å². The molecule has 0 saturated carbocycles. The predicted molar refractivity (Wildman–Crippen MR) is 72.6 cm³/mol. The monoisotopic (exact) mass is 238 g/mol. The van der Waals surface area contributed by atoms with E-state index in [-0.39, 0.29) is 0 Å². The van der Waals surface area contributed by atoms with E-state index < -0.39 is 0 Å². The van der Waals surface area contributed by atoms with E-state index in [0.29, 0.717) is 0 Å². The minimum atomic E-state index is 0.717. The van der Waals surface area contributed by atoms with E-state index in [1.807, 2.05) is 30.3 Å². The Kier molecular flexibility index (Phi) is 2.50. The van der Waals surface area contributed by atoms with Crippen molar-refractivity contribution in [3.05, 3.63) is 60.2 Å². The maximum atomic E-state index is 10.6. The van der Waals surface area contributed by atoms with E-state index in [2.05, 4.69) is 24.3 Å². The highest BCUT2D eigenvalue weighted by molar-refractivity contribution is 7.22. The molecule has 3 aromatic rings. The van der Waals surface area contributed by atoms with Crippen LogP contribution in [0.15, 0.2) is 54.6 Å². The number of benzene rings is 2. The molecular formula is C15H10OS. The van der Waals surface area contributed by atoms with Crippen molar-refractivity contribution in [2.45, 2.75) is 0 Å². The number of carbonyl (C=O) groups is 1. The van der Waals surface area contributed by atoms with Crippen molar-refractivity contribution >= 4 is 27.7 Å². The van der Waals surface area contributed by atoms with Gasteiger partial charge in [0.2, 0.25) is 0 Å². The van der Waals surface area contributed by atoms with Gasteiger partial charge in [-0.25, -0.2) is 0 Å². The quantitative estimate of drug-likeness (QED) is 0.605. The van der Waals surface area contributed by atoms with Crippen molar-refractivity contribution in [2.75, 3.05) is 0 Å². The molecule has 17 heavy (non-hydrogen) atoms. The van der Waals surface area contributed by atoms with Crippen LogP contribution in [0.5, 0.6) is 0 Å². The summed E-state index contributed by atoms with van der Waals surface area (Å²) in [5, 5.41) is 1.27. The maximum Gasteiger partial charge on any atom is 0.150 e. The fourth-order valence-electron chi connectivity index (χ4n) is 1.85. The molecule has 1 heterocycles. The molecule has 0 aliphatic rings. The molecule has 2 heteroatoms. The molecule has 0 bridgehead atoms. The van der Waals surface area contributed by atoms with Crippen molar-refractivity contribution < 1.29 is 4.79 Å². The molecule has 0 fully saturated rings. The summed E-state index contributed by atoms with van der Waals surface area (Å²) in [6, 6.07) is 18.2. The van der Waals surface area contributed by atoms with Crippen LogP contribution in [-0.4, -0.2) is 6.29 Å². The smallest absolute Gasteiger partial charge is 0.150 e. The molecular weight excluding hydrogens is 228 g/mol. The van der Waals surface area contributed by atoms with E-state index >= 15 is 0 Å². The summed E-state index contributed by atoms with van der Waals surface area (Å²) in [5.41, 5.74) is 1.88. The van der Waals surface area contributed by atoms with Crippen LogP contribution in [0.25, 0.3) is 20.5 Å². The Labute approximate surface area is 103 Å². The highest BCUT2D eigenvalue weighted by Gasteiger charge is 2.03. The number of hydrogen-bond acceptors (Lipinski definition) is 2. The number of hydrogen-bond donors (Lipinski definition) is 0. The van der Waals surface area contributed by atoms with Crippen LogP contribution in [0.3, 0.4) is 0 Å². The fourth-order valence-corrected chi connectivity index (χ4v) is 2.92. The van der Waals surface area contributed by atoms with Gasteiger partial charge >= 0.3 is 0 Å². The Morgan fingerprint density at radius 2 is 1.71 bits per heavy atom. The lowest BCUT2D eigenvalue weighted by atomic mass is 10.1. The Hall–Kier alpha value is -1.93. The molecule has 0 unspecified atom stereocenters. The first-order chi connectivity index (χ1) is 8.36. The molecule has 1 aromatic heterocycles. The summed E-state index contributed by atoms with van der Waals surface area (Å²) in [4.78, 5) is 11.8. The van der Waals surface area contributed by atoms with Crippen molar-refractivity contribution in [1.29, 1.82) is 0 Å². The zero-order valence-electron chi connectivity index (χ0n) is 9.09. The van der Waals surface area contributed by atoms with E-state index in [4.69, 9.17) is 0 Å². The summed E-state index contributed by atoms with van der Waals surface area (Å²) >= 11 is 1.78. The molecule has 82 valence electrons. The summed E-state index contributed by atoms with van der Waals surface area (Å²) in [7, 11) is 0. The minimum absolute atomic E-state index is 0.717. The molecule has 0 saturated heterocycles. The Balaban J connectivity index is 2.10. The highest BCUT2D eigenvalue weighted by atomic mass is 32.1. The van der Waals surface area contributed by atoms with Gasteiger partial charge in [-0.3, -0.25) is 4.79 Å². The van der Waals surface area contributed by atoms with Gasteiger partial charge in [0, 0.05) is 15.1 Å². The van der Waals surface area contributed by atoms with E-state index in [1.165, 1.54) is 15.0 Å². The number of aldehydes is 1. The zero-order chi connectivity index (χ0) is 11.7. The van der Waals surface area contributed by atoms with Gasteiger partial charge in [0.15, 0.2) is 0 Å². The third kappa shape index (κ3) is 1.87. The molecule has 0 aliphatic heterocycles. The van der Waals surface area contributed by atoms with E-state index in [9.17, 15) is 4.79 Å². The Morgan fingerprint density at radius 1 is 0.941 bits per heavy atom. The molecule has 0 amide bonds. The van der Waals surface area contributed by atoms with Crippen LogP contribution in [-0.2, 0) is 0 Å². The number of carbonyl (C=O) groups excluding carboxylic acids is 1. The van der Waals surface area contributed by atoms with Crippen LogP contribution in [0.4, 0.5) is 0 Å². The van der Waals surface area contributed by atoms with Gasteiger partial charge in [0.25, 0.3) is 0 Å². The zero-order valence-corrected chi connectivity index (χ0v) is 9.91. The summed E-state index contributed by atoms with van der Waals surface area (Å²) in [6.45, 7) is 0. The number of rotatable bonds is 2. The second kappa shape index (κ2) is 4.15. The van der Waals surface area contributed by atoms with Crippen molar-refractivity contribution in [2.24, 2.45) is 0 Å². The predicted octanol–water partition coefficient (Wildman–Crippen LogP) is 4.38. The first-order valence-corrected chi connectivity index (χ1v) is 6.23. The second-order valence-electron chi connectivity index (χ2n) is 3.89. The molecule has 0 atom stereocenters. The van der Waals surface area contributed by atoms with Gasteiger partial charge in [-0.1, -0.05) is 42.5 Å². The lowest BCUT2D eigenvalue weighted by Crippen LogP contribution is -1.78. The van der Waals surface area contributed by atoms with Gasteiger partial charge in [0.05, 0.1) is 0 Å². The van der Waals surface area contributed by atoms with Gasteiger partial charge in [-0.2, -0.15) is 0 Å². The topological polar surface area (TPSA) is 17.1 Å². The second-order valence-corrected chi connectivity index (χ2v) is 4.97. The number of fused-ring (bicyclic) bond motifs is 1. The molecule has 0 aliphatic carbocycles. The molecule has 3 rings (SSSR count). The summed E-state index contributed by atoms with van der Waals surface area (Å²) < 4.78 is 1.29. The highest BCUT2D eigenvalue weighted by Crippen LogP contribution is 2.33. The summed E-state index contributed by atoms with van der Waals surface area (Å²) in [5.74, 6) is 0. The molecule has 2 aromatic carbocycles. The fraction of sp³-hybridized carbons (Fsp3) is 0. The lowest BCUT2D eigenvalue weighted by Gasteiger charge is -1.96. The van der Waals surface area contributed by atoms with Crippen LogP contribution in [0, 0.1) is 0 Å². The average molecular weight is 238 g/mol. The maximum absolute atomic E-state index is 10.6.